The van der Waals surface area contributed by atoms with Crippen LogP contribution < -0.4 is 11.1 Å². The van der Waals surface area contributed by atoms with Crippen LogP contribution in [0.4, 0.5) is 5.69 Å². The minimum absolute atomic E-state index is 0.0237. The predicted molar refractivity (Wildman–Crippen MR) is 68.1 cm³/mol. The number of ether oxygens (including phenoxy) is 1. The van der Waals surface area contributed by atoms with E-state index in [0.717, 1.165) is 11.4 Å². The minimum atomic E-state index is -0.499. The lowest BCUT2D eigenvalue weighted by Crippen LogP contribution is -2.46. The summed E-state index contributed by atoms with van der Waals surface area (Å²) in [7, 11) is 1.83. The predicted octanol–water partition coefficient (Wildman–Crippen LogP) is 0.423. The van der Waals surface area contributed by atoms with Crippen molar-refractivity contribution in [3.63, 3.8) is 0 Å². The van der Waals surface area contributed by atoms with E-state index >= 15 is 0 Å². The number of aromatic nitrogens is 2. The number of nitrogens with zero attached hydrogens (tertiary/aromatic N) is 2. The summed E-state index contributed by atoms with van der Waals surface area (Å²) in [6.45, 7) is 3.41. The molecule has 0 aromatic carbocycles. The fourth-order valence-electron chi connectivity index (χ4n) is 2.26. The summed E-state index contributed by atoms with van der Waals surface area (Å²) in [4.78, 5) is 12.4. The van der Waals surface area contributed by atoms with E-state index in [1.807, 2.05) is 14.0 Å². The van der Waals surface area contributed by atoms with Crippen LogP contribution in [-0.2, 0) is 16.6 Å². The molecule has 6 nitrogen and oxygen atoms in total. The number of amides is 1. The van der Waals surface area contributed by atoms with E-state index in [0.29, 0.717) is 32.6 Å². The highest BCUT2D eigenvalue weighted by Gasteiger charge is 2.39. The first-order valence-electron chi connectivity index (χ1n) is 6.17. The summed E-state index contributed by atoms with van der Waals surface area (Å²) in [6, 6.07) is 0. The van der Waals surface area contributed by atoms with Crippen LogP contribution in [0.25, 0.3) is 0 Å². The Balaban J connectivity index is 2.12. The zero-order valence-corrected chi connectivity index (χ0v) is 10.9. The third-order valence-electron chi connectivity index (χ3n) is 3.58. The molecular formula is C12H20N4O2. The van der Waals surface area contributed by atoms with Crippen molar-refractivity contribution >= 4 is 11.6 Å². The molecule has 0 spiro atoms. The summed E-state index contributed by atoms with van der Waals surface area (Å²) < 4.78 is 6.99. The standard InChI is InChI=1S/C12H20N4O2/c1-9-10(7-16(2)15-9)14-11(17)12(8-13)3-5-18-6-4-12/h7H,3-6,8,13H2,1-2H3,(H,14,17). The minimum Gasteiger partial charge on any atom is -0.381 e. The maximum absolute atomic E-state index is 12.4. The van der Waals surface area contributed by atoms with Gasteiger partial charge in [-0.15, -0.1) is 0 Å². The van der Waals surface area contributed by atoms with Gasteiger partial charge in [0.1, 0.15) is 0 Å². The Bertz CT molecular complexity index is 435. The molecule has 0 aliphatic carbocycles. The Hall–Kier alpha value is -1.40. The Morgan fingerprint density at radius 2 is 2.28 bits per heavy atom. The van der Waals surface area contributed by atoms with E-state index in [-0.39, 0.29) is 5.91 Å². The van der Waals surface area contributed by atoms with Gasteiger partial charge in [-0.2, -0.15) is 5.10 Å². The van der Waals surface area contributed by atoms with Gasteiger partial charge in [0.15, 0.2) is 0 Å². The van der Waals surface area contributed by atoms with Gasteiger partial charge in [0.05, 0.1) is 16.8 Å². The number of nitrogens with one attached hydrogen (secondary N) is 1. The number of carbonyl (C=O) groups excluding carboxylic acids is 1. The highest BCUT2D eigenvalue weighted by molar-refractivity contribution is 5.95. The molecule has 0 bridgehead atoms. The van der Waals surface area contributed by atoms with Gasteiger partial charge in [-0.3, -0.25) is 9.48 Å². The molecule has 3 N–H and O–H groups in total. The van der Waals surface area contributed by atoms with Crippen molar-refractivity contribution in [2.24, 2.45) is 18.2 Å². The molecule has 2 heterocycles. The Kier molecular flexibility index (Phi) is 3.68. The molecular weight excluding hydrogens is 232 g/mol. The quantitative estimate of drug-likeness (QED) is 0.817. The van der Waals surface area contributed by atoms with E-state index < -0.39 is 5.41 Å². The highest BCUT2D eigenvalue weighted by Crippen LogP contribution is 2.31. The second kappa shape index (κ2) is 5.07. The van der Waals surface area contributed by atoms with Crippen LogP contribution in [0.3, 0.4) is 0 Å². The number of hydrogen-bond acceptors (Lipinski definition) is 4. The fraction of sp³-hybridized carbons (Fsp3) is 0.667. The zero-order chi connectivity index (χ0) is 13.2. The largest absolute Gasteiger partial charge is 0.381 e. The molecule has 0 radical (unpaired) electrons. The number of aryl methyl sites for hydroxylation is 2. The van der Waals surface area contributed by atoms with Crippen LogP contribution >= 0.6 is 0 Å². The lowest BCUT2D eigenvalue weighted by Gasteiger charge is -2.34. The number of nitrogens with two attached hydrogens (primary N) is 1. The van der Waals surface area contributed by atoms with Crippen LogP contribution in [0.1, 0.15) is 18.5 Å². The maximum Gasteiger partial charge on any atom is 0.232 e. The van der Waals surface area contributed by atoms with E-state index in [4.69, 9.17) is 10.5 Å². The average Bonchev–Trinajstić information content (AvgIpc) is 2.68. The van der Waals surface area contributed by atoms with E-state index in [9.17, 15) is 4.79 Å². The molecule has 0 unspecified atom stereocenters. The molecule has 1 fully saturated rings. The van der Waals surface area contributed by atoms with Crippen LogP contribution in [-0.4, -0.2) is 35.4 Å². The Labute approximate surface area is 106 Å². The molecule has 6 heteroatoms. The van der Waals surface area contributed by atoms with Crippen LogP contribution in [0, 0.1) is 12.3 Å². The number of anilines is 1. The molecule has 18 heavy (non-hydrogen) atoms. The molecule has 0 atom stereocenters. The Morgan fingerprint density at radius 3 is 2.78 bits per heavy atom. The van der Waals surface area contributed by atoms with Crippen LogP contribution in [0.2, 0.25) is 0 Å². The molecule has 0 saturated carbocycles. The van der Waals surface area contributed by atoms with Gasteiger partial charge in [-0.1, -0.05) is 0 Å². The normalized spacial score (nSPS) is 18.6. The summed E-state index contributed by atoms with van der Waals surface area (Å²) in [5.41, 5.74) is 6.86. The van der Waals surface area contributed by atoms with Crippen LogP contribution in [0.15, 0.2) is 6.20 Å². The van der Waals surface area contributed by atoms with E-state index in [2.05, 4.69) is 10.4 Å². The van der Waals surface area contributed by atoms with Gasteiger partial charge in [-0.25, -0.2) is 0 Å². The number of carbonyl (C=O) groups is 1. The highest BCUT2D eigenvalue weighted by atomic mass is 16.5. The first-order valence-corrected chi connectivity index (χ1v) is 6.17. The average molecular weight is 252 g/mol. The smallest absolute Gasteiger partial charge is 0.232 e. The molecule has 1 aromatic heterocycles. The molecule has 100 valence electrons. The number of hydrogen-bond donors (Lipinski definition) is 2. The topological polar surface area (TPSA) is 82.2 Å². The second-order valence-corrected chi connectivity index (χ2v) is 4.85. The van der Waals surface area contributed by atoms with Crippen molar-refractivity contribution in [2.45, 2.75) is 19.8 Å². The second-order valence-electron chi connectivity index (χ2n) is 4.85. The Morgan fingerprint density at radius 1 is 1.61 bits per heavy atom. The molecule has 1 aromatic rings. The first-order chi connectivity index (χ1) is 8.57. The van der Waals surface area contributed by atoms with Gasteiger partial charge in [0.25, 0.3) is 0 Å². The maximum atomic E-state index is 12.4. The SMILES string of the molecule is Cc1nn(C)cc1NC(=O)C1(CN)CCOCC1. The molecule has 1 aliphatic heterocycles. The lowest BCUT2D eigenvalue weighted by molar-refractivity contribution is -0.130. The van der Waals surface area contributed by atoms with Gasteiger partial charge in [0.2, 0.25) is 5.91 Å². The first kappa shape index (κ1) is 13.0. The van der Waals surface area contributed by atoms with Crippen molar-refractivity contribution in [3.05, 3.63) is 11.9 Å². The van der Waals surface area contributed by atoms with Crippen molar-refractivity contribution in [3.8, 4) is 0 Å². The zero-order valence-electron chi connectivity index (χ0n) is 10.9. The number of rotatable bonds is 3. The van der Waals surface area contributed by atoms with Gasteiger partial charge in [-0.05, 0) is 19.8 Å². The molecule has 1 amide bonds. The molecule has 2 rings (SSSR count). The molecule has 1 saturated heterocycles. The van der Waals surface area contributed by atoms with Gasteiger partial charge >= 0.3 is 0 Å². The lowest BCUT2D eigenvalue weighted by atomic mass is 9.79. The molecule has 1 aliphatic rings. The summed E-state index contributed by atoms with van der Waals surface area (Å²) >= 11 is 0. The van der Waals surface area contributed by atoms with Gasteiger partial charge < -0.3 is 15.8 Å². The monoisotopic (exact) mass is 252 g/mol. The van der Waals surface area contributed by atoms with E-state index in [1.54, 1.807) is 10.9 Å². The third kappa shape index (κ3) is 2.39. The fourth-order valence-corrected chi connectivity index (χ4v) is 2.26. The summed E-state index contributed by atoms with van der Waals surface area (Å²) in [6.07, 6.45) is 3.15. The third-order valence-corrected chi connectivity index (χ3v) is 3.58. The van der Waals surface area contributed by atoms with Crippen molar-refractivity contribution in [1.29, 1.82) is 0 Å². The van der Waals surface area contributed by atoms with Crippen molar-refractivity contribution in [1.82, 2.24) is 9.78 Å². The van der Waals surface area contributed by atoms with E-state index in [1.165, 1.54) is 0 Å². The van der Waals surface area contributed by atoms with Crippen LogP contribution in [0.5, 0.6) is 0 Å². The van der Waals surface area contributed by atoms with Gasteiger partial charge in [0, 0.05) is 33.0 Å². The van der Waals surface area contributed by atoms with Crippen molar-refractivity contribution in [2.75, 3.05) is 25.1 Å². The van der Waals surface area contributed by atoms with Crippen molar-refractivity contribution < 1.29 is 9.53 Å². The summed E-state index contributed by atoms with van der Waals surface area (Å²) in [5.74, 6) is -0.0237. The summed E-state index contributed by atoms with van der Waals surface area (Å²) in [5, 5.41) is 7.14.